The molecule has 0 heterocycles. The molecule has 0 spiro atoms. The van der Waals surface area contributed by atoms with Crippen LogP contribution in [0.15, 0.2) is 0 Å². The number of hydrogen-bond acceptors (Lipinski definition) is 6. The molecule has 0 aromatic carbocycles. The summed E-state index contributed by atoms with van der Waals surface area (Å²) in [4.78, 5) is 47.6. The summed E-state index contributed by atoms with van der Waals surface area (Å²) in [7, 11) is 0. The van der Waals surface area contributed by atoms with E-state index in [-0.39, 0.29) is 24.8 Å². The summed E-state index contributed by atoms with van der Waals surface area (Å²) in [6.45, 7) is 7.39. The second-order valence-corrected chi connectivity index (χ2v) is 6.61. The summed E-state index contributed by atoms with van der Waals surface area (Å²) < 4.78 is 0. The molecule has 0 saturated heterocycles. The zero-order chi connectivity index (χ0) is 20.3. The van der Waals surface area contributed by atoms with Crippen LogP contribution in [0, 0.1) is 11.8 Å². The van der Waals surface area contributed by atoms with Crippen LogP contribution in [0.25, 0.3) is 0 Å². The molecule has 150 valence electrons. The number of rotatable bonds is 11. The molecule has 0 aliphatic carbocycles. The van der Waals surface area contributed by atoms with Crippen molar-refractivity contribution in [2.24, 2.45) is 17.6 Å². The van der Waals surface area contributed by atoms with Crippen LogP contribution in [0.3, 0.4) is 0 Å². The van der Waals surface area contributed by atoms with Crippen molar-refractivity contribution in [1.29, 1.82) is 0 Å². The number of nitrogens with one attached hydrogen (secondary N) is 4. The van der Waals surface area contributed by atoms with Crippen LogP contribution in [0.4, 0.5) is 0 Å². The maximum absolute atomic E-state index is 12.4. The molecule has 10 heteroatoms. The molecule has 0 bridgehead atoms. The third-order valence-electron chi connectivity index (χ3n) is 3.63. The Morgan fingerprint density at radius 2 is 1.46 bits per heavy atom. The highest BCUT2D eigenvalue weighted by Gasteiger charge is 2.27. The van der Waals surface area contributed by atoms with Crippen molar-refractivity contribution in [3.8, 4) is 0 Å². The molecule has 0 aromatic rings. The summed E-state index contributed by atoms with van der Waals surface area (Å²) >= 11 is 0. The van der Waals surface area contributed by atoms with Crippen LogP contribution >= 0.6 is 0 Å². The van der Waals surface area contributed by atoms with Crippen LogP contribution in [0.5, 0.6) is 0 Å². The predicted molar refractivity (Wildman–Crippen MR) is 94.8 cm³/mol. The average molecular weight is 373 g/mol. The summed E-state index contributed by atoms with van der Waals surface area (Å²) in [6, 6.07) is -1.67. The number of amides is 4. The first-order valence-corrected chi connectivity index (χ1v) is 8.63. The van der Waals surface area contributed by atoms with E-state index in [4.69, 9.17) is 10.9 Å². The van der Waals surface area contributed by atoms with Gasteiger partial charge >= 0.3 is 0 Å². The van der Waals surface area contributed by atoms with Gasteiger partial charge in [0, 0.05) is 25.4 Å². The molecule has 0 saturated carbocycles. The van der Waals surface area contributed by atoms with Gasteiger partial charge in [-0.15, -0.1) is 0 Å². The van der Waals surface area contributed by atoms with E-state index in [0.29, 0.717) is 13.0 Å². The van der Waals surface area contributed by atoms with Crippen molar-refractivity contribution in [3.05, 3.63) is 0 Å². The van der Waals surface area contributed by atoms with Crippen molar-refractivity contribution >= 4 is 23.6 Å². The lowest BCUT2D eigenvalue weighted by molar-refractivity contribution is -0.136. The van der Waals surface area contributed by atoms with E-state index in [1.54, 1.807) is 0 Å². The van der Waals surface area contributed by atoms with Crippen LogP contribution in [0.1, 0.15) is 40.5 Å². The van der Waals surface area contributed by atoms with Crippen LogP contribution in [0.2, 0.25) is 0 Å². The van der Waals surface area contributed by atoms with Crippen molar-refractivity contribution in [3.63, 3.8) is 0 Å². The number of nitrogens with two attached hydrogens (primary N) is 1. The Morgan fingerprint density at radius 1 is 0.923 bits per heavy atom. The Bertz CT molecular complexity index is 497. The summed E-state index contributed by atoms with van der Waals surface area (Å²) in [5.41, 5.74) is 6.80. The molecule has 0 rings (SSSR count). The fraction of sp³-hybridized carbons (Fsp3) is 0.750. The Morgan fingerprint density at radius 3 is 1.96 bits per heavy atom. The maximum atomic E-state index is 12.4. The molecule has 0 aromatic heterocycles. The Balaban J connectivity index is 4.69. The molecule has 0 aliphatic heterocycles. The third kappa shape index (κ3) is 9.33. The summed E-state index contributed by atoms with van der Waals surface area (Å²) in [6.07, 6.45) is 0.234. The van der Waals surface area contributed by atoms with Gasteiger partial charge in [0.25, 0.3) is 0 Å². The van der Waals surface area contributed by atoms with Gasteiger partial charge in [-0.3, -0.25) is 24.4 Å². The first-order valence-electron chi connectivity index (χ1n) is 8.63. The summed E-state index contributed by atoms with van der Waals surface area (Å²) in [5.74, 6) is -2.57. The normalized spacial score (nSPS) is 14.1. The highest BCUT2D eigenvalue weighted by molar-refractivity contribution is 5.92. The molecule has 0 aliphatic rings. The van der Waals surface area contributed by atoms with E-state index in [9.17, 15) is 19.2 Å². The summed E-state index contributed by atoms with van der Waals surface area (Å²) in [5, 5.41) is 16.2. The van der Waals surface area contributed by atoms with Gasteiger partial charge in [0.1, 0.15) is 12.1 Å². The number of carbonyl (C=O) groups is 4. The number of hydroxylamine groups is 1. The zero-order valence-electron chi connectivity index (χ0n) is 15.8. The van der Waals surface area contributed by atoms with Crippen LogP contribution in [-0.4, -0.2) is 54.0 Å². The minimum Gasteiger partial charge on any atom is -0.353 e. The van der Waals surface area contributed by atoms with Crippen LogP contribution in [-0.2, 0) is 19.2 Å². The van der Waals surface area contributed by atoms with Gasteiger partial charge in [0.2, 0.25) is 23.6 Å². The molecule has 4 amide bonds. The van der Waals surface area contributed by atoms with Gasteiger partial charge < -0.3 is 21.7 Å². The lowest BCUT2D eigenvalue weighted by atomic mass is 9.93. The van der Waals surface area contributed by atoms with E-state index < -0.39 is 35.7 Å². The van der Waals surface area contributed by atoms with E-state index in [1.807, 2.05) is 13.8 Å². The average Bonchev–Trinajstić information content (AvgIpc) is 2.57. The smallest absolute Gasteiger partial charge is 0.244 e. The minimum atomic E-state index is -0.890. The highest BCUT2D eigenvalue weighted by Crippen LogP contribution is 2.16. The fourth-order valence-corrected chi connectivity index (χ4v) is 2.27. The second-order valence-electron chi connectivity index (χ2n) is 6.61. The van der Waals surface area contributed by atoms with E-state index in [1.165, 1.54) is 19.3 Å². The lowest BCUT2D eigenvalue weighted by Crippen LogP contribution is -2.53. The van der Waals surface area contributed by atoms with Crippen molar-refractivity contribution in [1.82, 2.24) is 21.4 Å². The SMILES string of the molecule is CC(C)C[C@H](CC(=O)NO)C(=O)N[C@@H](C)C(=O)N[C@@H](C)C(=O)NCCN. The van der Waals surface area contributed by atoms with Crippen molar-refractivity contribution in [2.45, 2.75) is 52.6 Å². The quantitative estimate of drug-likeness (QED) is 0.193. The van der Waals surface area contributed by atoms with E-state index in [2.05, 4.69) is 16.0 Å². The monoisotopic (exact) mass is 373 g/mol. The standard InChI is InChI=1S/C16H31N5O5/c1-9(2)7-12(8-13(22)21-26)16(25)20-11(4)15(24)19-10(3)14(23)18-6-5-17/h9-12,26H,5-8,17H2,1-4H3,(H,18,23)(H,19,24)(H,20,25)(H,21,22)/t10-,11-,12+/m0/s1. The molecule has 26 heavy (non-hydrogen) atoms. The second kappa shape index (κ2) is 12.2. The first-order chi connectivity index (χ1) is 12.1. The maximum Gasteiger partial charge on any atom is 0.244 e. The van der Waals surface area contributed by atoms with Crippen molar-refractivity contribution < 1.29 is 24.4 Å². The Hall–Kier alpha value is -2.20. The van der Waals surface area contributed by atoms with Gasteiger partial charge in [0.05, 0.1) is 0 Å². The van der Waals surface area contributed by atoms with Gasteiger partial charge in [-0.25, -0.2) is 5.48 Å². The van der Waals surface area contributed by atoms with E-state index in [0.717, 1.165) is 0 Å². The third-order valence-corrected chi connectivity index (χ3v) is 3.63. The van der Waals surface area contributed by atoms with Gasteiger partial charge in [-0.2, -0.15) is 0 Å². The molecule has 3 atom stereocenters. The Kier molecular flexibility index (Phi) is 11.2. The van der Waals surface area contributed by atoms with Crippen molar-refractivity contribution in [2.75, 3.05) is 13.1 Å². The molecule has 10 nitrogen and oxygen atoms in total. The topological polar surface area (TPSA) is 163 Å². The highest BCUT2D eigenvalue weighted by atomic mass is 16.5. The minimum absolute atomic E-state index is 0.146. The first kappa shape index (κ1) is 23.8. The lowest BCUT2D eigenvalue weighted by Gasteiger charge is -2.22. The number of carbonyl (C=O) groups excluding carboxylic acids is 4. The molecule has 7 N–H and O–H groups in total. The van der Waals surface area contributed by atoms with Gasteiger partial charge in [-0.1, -0.05) is 13.8 Å². The Labute approximate surface area is 153 Å². The molecular weight excluding hydrogens is 342 g/mol. The predicted octanol–water partition coefficient (Wildman–Crippen LogP) is -1.37. The zero-order valence-corrected chi connectivity index (χ0v) is 15.8. The molecule has 0 radical (unpaired) electrons. The number of hydrogen-bond donors (Lipinski definition) is 6. The molecular formula is C16H31N5O5. The van der Waals surface area contributed by atoms with Gasteiger partial charge in [-0.05, 0) is 26.2 Å². The molecule has 0 unspecified atom stereocenters. The van der Waals surface area contributed by atoms with E-state index >= 15 is 0 Å². The van der Waals surface area contributed by atoms with Gasteiger partial charge in [0.15, 0.2) is 0 Å². The molecule has 0 fully saturated rings. The van der Waals surface area contributed by atoms with Crippen LogP contribution < -0.4 is 27.2 Å². The largest absolute Gasteiger partial charge is 0.353 e. The fourth-order valence-electron chi connectivity index (χ4n) is 2.27.